The third-order valence-corrected chi connectivity index (χ3v) is 6.90. The molecule has 11 nitrogen and oxygen atoms in total. The van der Waals surface area contributed by atoms with Crippen LogP contribution < -0.4 is 26.0 Å². The number of ether oxygens (including phenoxy) is 2. The predicted molar refractivity (Wildman–Crippen MR) is 147 cm³/mol. The molecule has 0 atom stereocenters. The van der Waals surface area contributed by atoms with Gasteiger partial charge in [0.1, 0.15) is 17.1 Å². The van der Waals surface area contributed by atoms with Crippen LogP contribution in [-0.4, -0.2) is 85.4 Å². The molecular weight excluding hydrogens is 484 g/mol. The Kier molecular flexibility index (Phi) is 7.85. The number of aromatic nitrogens is 3. The highest BCUT2D eigenvalue weighted by atomic mass is 16.5. The van der Waals surface area contributed by atoms with Crippen molar-refractivity contribution >= 4 is 28.9 Å². The van der Waals surface area contributed by atoms with Gasteiger partial charge in [0.05, 0.1) is 7.11 Å². The molecule has 38 heavy (non-hydrogen) atoms. The minimum atomic E-state index is -0.692. The SMILES string of the molecule is COc1cccnc1-c1nc(C(N)=O)c(Nc2ccc(N3CCN(C)CC3)cc2)nc1NC1CCOCC1. The Bertz CT molecular complexity index is 1260. The molecule has 0 bridgehead atoms. The average Bonchev–Trinajstić information content (AvgIpc) is 2.94. The van der Waals surface area contributed by atoms with Gasteiger partial charge in [-0.1, -0.05) is 0 Å². The van der Waals surface area contributed by atoms with Crippen LogP contribution in [0, 0.1) is 0 Å². The smallest absolute Gasteiger partial charge is 0.271 e. The fourth-order valence-electron chi connectivity index (χ4n) is 4.69. The van der Waals surface area contributed by atoms with Crippen LogP contribution in [0.1, 0.15) is 23.3 Å². The lowest BCUT2D eigenvalue weighted by atomic mass is 10.1. The Hall–Kier alpha value is -3.96. The molecule has 0 spiro atoms. The van der Waals surface area contributed by atoms with Crippen molar-refractivity contribution in [3.63, 3.8) is 0 Å². The van der Waals surface area contributed by atoms with Crippen molar-refractivity contribution in [1.82, 2.24) is 19.9 Å². The summed E-state index contributed by atoms with van der Waals surface area (Å²) in [7, 11) is 3.71. The van der Waals surface area contributed by atoms with Crippen LogP contribution in [0.4, 0.5) is 23.0 Å². The number of amides is 1. The maximum Gasteiger partial charge on any atom is 0.271 e. The lowest BCUT2D eigenvalue weighted by molar-refractivity contribution is 0.0904. The van der Waals surface area contributed by atoms with Crippen molar-refractivity contribution in [3.05, 3.63) is 48.3 Å². The minimum Gasteiger partial charge on any atom is -0.494 e. The number of anilines is 4. The van der Waals surface area contributed by atoms with Gasteiger partial charge in [-0.2, -0.15) is 0 Å². The Morgan fingerprint density at radius 2 is 1.76 bits per heavy atom. The highest BCUT2D eigenvalue weighted by molar-refractivity contribution is 5.97. The molecule has 2 aromatic heterocycles. The van der Waals surface area contributed by atoms with E-state index in [0.29, 0.717) is 36.2 Å². The maximum atomic E-state index is 12.5. The summed E-state index contributed by atoms with van der Waals surface area (Å²) >= 11 is 0. The van der Waals surface area contributed by atoms with Gasteiger partial charge in [-0.05, 0) is 56.3 Å². The zero-order valence-electron chi connectivity index (χ0n) is 21.8. The van der Waals surface area contributed by atoms with Crippen molar-refractivity contribution in [2.75, 3.05) is 69.1 Å². The van der Waals surface area contributed by atoms with Crippen LogP contribution in [0.15, 0.2) is 42.6 Å². The Morgan fingerprint density at radius 3 is 2.45 bits per heavy atom. The molecule has 1 aromatic carbocycles. The summed E-state index contributed by atoms with van der Waals surface area (Å²) in [5.41, 5.74) is 8.60. The molecule has 0 radical (unpaired) electrons. The fourth-order valence-corrected chi connectivity index (χ4v) is 4.69. The van der Waals surface area contributed by atoms with Crippen LogP contribution in [-0.2, 0) is 4.74 Å². The monoisotopic (exact) mass is 518 g/mol. The van der Waals surface area contributed by atoms with Gasteiger partial charge in [0, 0.05) is 63.0 Å². The molecule has 1 amide bonds. The van der Waals surface area contributed by atoms with Crippen molar-refractivity contribution in [1.29, 1.82) is 0 Å². The number of nitrogens with two attached hydrogens (primary N) is 1. The molecule has 5 rings (SSSR count). The standard InChI is InChI=1S/C27H34N8O3/c1-34-12-14-35(15-13-34)20-7-5-18(6-8-20)30-27-24(25(28)36)32-23(22-21(37-2)4-3-11-29-22)26(33-27)31-19-9-16-38-17-10-19/h3-8,11,19H,9-10,12-17H2,1-2H3,(H2,28,36)(H2,30,31,33). The molecule has 2 fully saturated rings. The Morgan fingerprint density at radius 1 is 1.03 bits per heavy atom. The number of carbonyl (C=O) groups excluding carboxylic acids is 1. The quantitative estimate of drug-likeness (QED) is 0.409. The van der Waals surface area contributed by atoms with E-state index >= 15 is 0 Å². The first-order valence-corrected chi connectivity index (χ1v) is 12.9. The molecule has 0 aliphatic carbocycles. The van der Waals surface area contributed by atoms with E-state index in [2.05, 4.69) is 49.6 Å². The van der Waals surface area contributed by atoms with Crippen molar-refractivity contribution in [3.8, 4) is 17.1 Å². The van der Waals surface area contributed by atoms with E-state index in [0.717, 1.165) is 50.4 Å². The number of hydrogen-bond acceptors (Lipinski definition) is 10. The van der Waals surface area contributed by atoms with Gasteiger partial charge in [-0.15, -0.1) is 0 Å². The van der Waals surface area contributed by atoms with Crippen LogP contribution in [0.2, 0.25) is 0 Å². The summed E-state index contributed by atoms with van der Waals surface area (Å²) in [6, 6.07) is 11.8. The highest BCUT2D eigenvalue weighted by Gasteiger charge is 2.24. The van der Waals surface area contributed by atoms with Gasteiger partial charge in [-0.25, -0.2) is 9.97 Å². The van der Waals surface area contributed by atoms with E-state index in [1.54, 1.807) is 25.4 Å². The number of carbonyl (C=O) groups is 1. The number of methoxy groups -OCH3 is 1. The molecule has 2 saturated heterocycles. The number of piperazine rings is 1. The van der Waals surface area contributed by atoms with Gasteiger partial charge < -0.3 is 35.6 Å². The lowest BCUT2D eigenvalue weighted by Crippen LogP contribution is -2.44. The number of primary amides is 1. The van der Waals surface area contributed by atoms with Crippen LogP contribution in [0.5, 0.6) is 5.75 Å². The molecule has 3 aromatic rings. The molecule has 4 N–H and O–H groups in total. The summed E-state index contributed by atoms with van der Waals surface area (Å²) in [6.45, 7) is 5.37. The second-order valence-corrected chi connectivity index (χ2v) is 9.53. The third-order valence-electron chi connectivity index (χ3n) is 6.90. The fraction of sp³-hybridized carbons (Fsp3) is 0.407. The third kappa shape index (κ3) is 5.79. The van der Waals surface area contributed by atoms with Crippen molar-refractivity contribution in [2.24, 2.45) is 5.73 Å². The van der Waals surface area contributed by atoms with Gasteiger partial charge in [-0.3, -0.25) is 9.78 Å². The number of likely N-dealkylation sites (N-methyl/N-ethyl adjacent to an activating group) is 1. The van der Waals surface area contributed by atoms with E-state index in [9.17, 15) is 4.79 Å². The van der Waals surface area contributed by atoms with Crippen LogP contribution in [0.25, 0.3) is 11.4 Å². The molecule has 11 heteroatoms. The van der Waals surface area contributed by atoms with E-state index < -0.39 is 5.91 Å². The van der Waals surface area contributed by atoms with Crippen molar-refractivity contribution in [2.45, 2.75) is 18.9 Å². The van der Waals surface area contributed by atoms with E-state index in [4.69, 9.17) is 20.2 Å². The maximum absolute atomic E-state index is 12.5. The number of pyridine rings is 1. The number of hydrogen-bond donors (Lipinski definition) is 3. The zero-order valence-corrected chi connectivity index (χ0v) is 21.8. The van der Waals surface area contributed by atoms with E-state index in [-0.39, 0.29) is 17.6 Å². The molecule has 2 aliphatic heterocycles. The topological polar surface area (TPSA) is 131 Å². The molecule has 0 saturated carbocycles. The van der Waals surface area contributed by atoms with Crippen LogP contribution in [0.3, 0.4) is 0 Å². The molecule has 200 valence electrons. The second-order valence-electron chi connectivity index (χ2n) is 9.53. The van der Waals surface area contributed by atoms with Crippen LogP contribution >= 0.6 is 0 Å². The number of rotatable bonds is 8. The highest BCUT2D eigenvalue weighted by Crippen LogP contribution is 2.34. The Balaban J connectivity index is 1.48. The van der Waals surface area contributed by atoms with Gasteiger partial charge in [0.15, 0.2) is 17.3 Å². The first kappa shape index (κ1) is 25.7. The lowest BCUT2D eigenvalue weighted by Gasteiger charge is -2.34. The predicted octanol–water partition coefficient (Wildman–Crippen LogP) is 2.73. The summed E-state index contributed by atoms with van der Waals surface area (Å²) < 4.78 is 11.0. The van der Waals surface area contributed by atoms with Crippen molar-refractivity contribution < 1.29 is 14.3 Å². The minimum absolute atomic E-state index is 0.0216. The Labute approximate surface area is 222 Å². The van der Waals surface area contributed by atoms with E-state index in [1.165, 1.54) is 0 Å². The molecule has 0 unspecified atom stereocenters. The van der Waals surface area contributed by atoms with Gasteiger partial charge >= 0.3 is 0 Å². The average molecular weight is 519 g/mol. The molecule has 2 aliphatic rings. The van der Waals surface area contributed by atoms with Gasteiger partial charge in [0.25, 0.3) is 5.91 Å². The summed E-state index contributed by atoms with van der Waals surface area (Å²) in [6.07, 6.45) is 3.30. The molecular formula is C27H34N8O3. The molecule has 4 heterocycles. The largest absolute Gasteiger partial charge is 0.494 e. The first-order valence-electron chi connectivity index (χ1n) is 12.9. The summed E-state index contributed by atoms with van der Waals surface area (Å²) in [4.78, 5) is 31.2. The summed E-state index contributed by atoms with van der Waals surface area (Å²) in [5.74, 6) is 0.601. The number of benzene rings is 1. The van der Waals surface area contributed by atoms with Gasteiger partial charge in [0.2, 0.25) is 0 Å². The first-order chi connectivity index (χ1) is 18.5. The van der Waals surface area contributed by atoms with E-state index in [1.807, 2.05) is 12.1 Å². The summed E-state index contributed by atoms with van der Waals surface area (Å²) in [5, 5.41) is 6.75. The number of nitrogens with zero attached hydrogens (tertiary/aromatic N) is 5. The normalized spacial score (nSPS) is 16.7. The zero-order chi connectivity index (χ0) is 26.5. The number of nitrogens with one attached hydrogen (secondary N) is 2. The second kappa shape index (κ2) is 11.6.